The van der Waals surface area contributed by atoms with E-state index in [0.29, 0.717) is 11.2 Å². The Balaban J connectivity index is 1.80. The van der Waals surface area contributed by atoms with Crippen LogP contribution in [0, 0.1) is 5.92 Å². The highest BCUT2D eigenvalue weighted by atomic mass is 32.2. The van der Waals surface area contributed by atoms with Crippen molar-refractivity contribution in [2.24, 2.45) is 5.92 Å². The average molecular weight is 354 g/mol. The van der Waals surface area contributed by atoms with Crippen LogP contribution in [0.25, 0.3) is 6.08 Å². The molecule has 0 amide bonds. The minimum absolute atomic E-state index is 0.188. The molecule has 0 radical (unpaired) electrons. The van der Waals surface area contributed by atoms with E-state index < -0.39 is 11.7 Å². The van der Waals surface area contributed by atoms with Crippen LogP contribution in [0.1, 0.15) is 43.7 Å². The Labute approximate surface area is 145 Å². The van der Waals surface area contributed by atoms with Crippen molar-refractivity contribution in [1.82, 2.24) is 0 Å². The zero-order chi connectivity index (χ0) is 17.6. The van der Waals surface area contributed by atoms with Gasteiger partial charge < -0.3 is 0 Å². The van der Waals surface area contributed by atoms with Crippen LogP contribution < -0.4 is 0 Å². The fourth-order valence-electron chi connectivity index (χ4n) is 2.80. The second-order valence-electron chi connectivity index (χ2n) is 6.01. The van der Waals surface area contributed by atoms with Crippen molar-refractivity contribution in [3.63, 3.8) is 0 Å². The monoisotopic (exact) mass is 354 g/mol. The van der Waals surface area contributed by atoms with E-state index in [1.165, 1.54) is 23.9 Å². The number of allylic oxidation sites excluding steroid dienone is 3. The van der Waals surface area contributed by atoms with E-state index in [4.69, 9.17) is 0 Å². The van der Waals surface area contributed by atoms with Gasteiger partial charge >= 0.3 is 6.18 Å². The molecule has 0 spiro atoms. The Bertz CT molecular complexity index is 594. The average Bonchev–Trinajstić information content (AvgIpc) is 2.52. The lowest BCUT2D eigenvalue weighted by Gasteiger charge is -2.25. The third kappa shape index (κ3) is 6.19. The summed E-state index contributed by atoms with van der Waals surface area (Å²) in [5, 5.41) is 0.642. The van der Waals surface area contributed by atoms with E-state index in [9.17, 15) is 18.0 Å². The highest BCUT2D eigenvalue weighted by molar-refractivity contribution is 8.14. The first-order chi connectivity index (χ1) is 11.3. The third-order valence-corrected chi connectivity index (χ3v) is 5.21. The van der Waals surface area contributed by atoms with Crippen molar-refractivity contribution in [1.29, 1.82) is 0 Å². The zero-order valence-corrected chi connectivity index (χ0v) is 14.4. The van der Waals surface area contributed by atoms with Gasteiger partial charge in [0.2, 0.25) is 0 Å². The van der Waals surface area contributed by atoms with Gasteiger partial charge in [0.1, 0.15) is 0 Å². The molecule has 0 bridgehead atoms. The summed E-state index contributed by atoms with van der Waals surface area (Å²) in [6.07, 6.45) is 7.75. The van der Waals surface area contributed by atoms with Crippen LogP contribution in [0.5, 0.6) is 0 Å². The summed E-state index contributed by atoms with van der Waals surface area (Å²) in [7, 11) is 0. The van der Waals surface area contributed by atoms with Crippen LogP contribution in [-0.2, 0) is 11.0 Å². The fourth-order valence-corrected chi connectivity index (χ4v) is 3.78. The molecule has 0 aromatic heterocycles. The summed E-state index contributed by atoms with van der Waals surface area (Å²) in [6.45, 7) is 1.61. The van der Waals surface area contributed by atoms with Crippen LogP contribution in [0.2, 0.25) is 0 Å². The summed E-state index contributed by atoms with van der Waals surface area (Å²) in [4.78, 5) is 11.1. The molecule has 2 rings (SSSR count). The van der Waals surface area contributed by atoms with Gasteiger partial charge in [0, 0.05) is 12.2 Å². The second kappa shape index (κ2) is 8.56. The molecule has 130 valence electrons. The summed E-state index contributed by atoms with van der Waals surface area (Å²) < 4.78 is 37.4. The summed E-state index contributed by atoms with van der Waals surface area (Å²) >= 11 is 1.45. The topological polar surface area (TPSA) is 17.1 Å². The van der Waals surface area contributed by atoms with Crippen LogP contribution in [0.3, 0.4) is 0 Å². The van der Waals surface area contributed by atoms with E-state index in [1.54, 1.807) is 13.0 Å². The summed E-state index contributed by atoms with van der Waals surface area (Å²) in [5.41, 5.74) is 0.115. The molecule has 0 N–H and O–H groups in total. The number of benzene rings is 1. The highest BCUT2D eigenvalue weighted by Crippen LogP contribution is 2.33. The smallest absolute Gasteiger partial charge is 0.288 e. The standard InChI is InChI=1S/C19H21F3OS/c1-14(23)24-18-12-8-16(9-13-18)5-3-2-4-15-6-10-17(11-7-15)19(20,21)22/h2-7,10-11,16,18H,8-9,12-13H2,1H3/b4-2+,5-3+. The summed E-state index contributed by atoms with van der Waals surface area (Å²) in [6, 6.07) is 5.13. The van der Waals surface area contributed by atoms with Gasteiger partial charge in [-0.1, -0.05) is 48.2 Å². The maximum atomic E-state index is 12.5. The molecular formula is C19H21F3OS. The number of carbonyl (C=O) groups excluding carboxylic acids is 1. The first-order valence-electron chi connectivity index (χ1n) is 8.04. The largest absolute Gasteiger partial charge is 0.416 e. The van der Waals surface area contributed by atoms with Gasteiger partial charge in [0.25, 0.3) is 0 Å². The van der Waals surface area contributed by atoms with Crippen LogP contribution in [0.15, 0.2) is 42.5 Å². The lowest BCUT2D eigenvalue weighted by atomic mass is 9.88. The van der Waals surface area contributed by atoms with Crippen LogP contribution in [-0.4, -0.2) is 10.4 Å². The molecular weight excluding hydrogens is 333 g/mol. The molecule has 0 saturated heterocycles. The minimum atomic E-state index is -4.29. The molecule has 24 heavy (non-hydrogen) atoms. The molecule has 0 unspecified atom stereocenters. The van der Waals surface area contributed by atoms with E-state index in [2.05, 4.69) is 6.08 Å². The molecule has 0 heterocycles. The number of carbonyl (C=O) groups is 1. The molecule has 1 aromatic rings. The second-order valence-corrected chi connectivity index (χ2v) is 7.49. The van der Waals surface area contributed by atoms with E-state index in [-0.39, 0.29) is 5.12 Å². The molecule has 0 aliphatic heterocycles. The number of thioether (sulfide) groups is 1. The SMILES string of the molecule is CC(=O)SC1CCC(/C=C/C=C/c2ccc(C(F)(F)F)cc2)CC1. The molecule has 5 heteroatoms. The molecule has 1 nitrogen and oxygen atoms in total. The van der Waals surface area contributed by atoms with Crippen molar-refractivity contribution < 1.29 is 18.0 Å². The summed E-state index contributed by atoms with van der Waals surface area (Å²) in [5.74, 6) is 0.520. The predicted molar refractivity (Wildman–Crippen MR) is 93.6 cm³/mol. The molecule has 1 aromatic carbocycles. The normalized spacial score (nSPS) is 22.3. The number of hydrogen-bond donors (Lipinski definition) is 0. The lowest BCUT2D eigenvalue weighted by Crippen LogP contribution is -2.15. The Hall–Kier alpha value is -1.49. The Morgan fingerprint density at radius 2 is 1.71 bits per heavy atom. The molecule has 0 atom stereocenters. The van der Waals surface area contributed by atoms with Gasteiger partial charge in [-0.15, -0.1) is 0 Å². The number of alkyl halides is 3. The maximum Gasteiger partial charge on any atom is 0.416 e. The van der Waals surface area contributed by atoms with Crippen LogP contribution in [0.4, 0.5) is 13.2 Å². The van der Waals surface area contributed by atoms with Crippen LogP contribution >= 0.6 is 11.8 Å². The lowest BCUT2D eigenvalue weighted by molar-refractivity contribution is -0.137. The highest BCUT2D eigenvalue weighted by Gasteiger charge is 2.29. The van der Waals surface area contributed by atoms with Gasteiger partial charge in [-0.05, 0) is 49.3 Å². The first-order valence-corrected chi connectivity index (χ1v) is 8.92. The van der Waals surface area contributed by atoms with Gasteiger partial charge in [-0.2, -0.15) is 13.2 Å². The van der Waals surface area contributed by atoms with Gasteiger partial charge in [-0.3, -0.25) is 4.79 Å². The molecule has 1 aliphatic carbocycles. The number of rotatable bonds is 4. The molecule has 1 aliphatic rings. The van der Waals surface area contributed by atoms with Gasteiger partial charge in [-0.25, -0.2) is 0 Å². The quantitative estimate of drug-likeness (QED) is 0.607. The third-order valence-electron chi connectivity index (χ3n) is 4.07. The number of hydrogen-bond acceptors (Lipinski definition) is 2. The van der Waals surface area contributed by atoms with E-state index in [0.717, 1.165) is 43.4 Å². The van der Waals surface area contributed by atoms with Gasteiger partial charge in [0.05, 0.1) is 5.56 Å². The maximum absolute atomic E-state index is 12.5. The van der Waals surface area contributed by atoms with Crippen molar-refractivity contribution in [3.8, 4) is 0 Å². The van der Waals surface area contributed by atoms with Crippen molar-refractivity contribution in [2.75, 3.05) is 0 Å². The minimum Gasteiger partial charge on any atom is -0.288 e. The first kappa shape index (κ1) is 18.8. The van der Waals surface area contributed by atoms with E-state index in [1.807, 2.05) is 12.2 Å². The van der Waals surface area contributed by atoms with E-state index >= 15 is 0 Å². The van der Waals surface area contributed by atoms with Crippen molar-refractivity contribution >= 4 is 23.0 Å². The zero-order valence-electron chi connectivity index (χ0n) is 13.6. The Morgan fingerprint density at radius 3 is 2.25 bits per heavy atom. The number of halogens is 3. The Morgan fingerprint density at radius 1 is 1.08 bits per heavy atom. The molecule has 1 saturated carbocycles. The van der Waals surface area contributed by atoms with Gasteiger partial charge in [0.15, 0.2) is 5.12 Å². The van der Waals surface area contributed by atoms with Crippen molar-refractivity contribution in [3.05, 3.63) is 53.6 Å². The Kier molecular flexibility index (Phi) is 6.72. The molecule has 1 fully saturated rings. The fraction of sp³-hybridized carbons (Fsp3) is 0.421. The predicted octanol–water partition coefficient (Wildman–Crippen LogP) is 6.11. The van der Waals surface area contributed by atoms with Crippen molar-refractivity contribution in [2.45, 2.75) is 44.0 Å².